The van der Waals surface area contributed by atoms with E-state index >= 15 is 0 Å². The maximum atomic E-state index is 10.7. The third kappa shape index (κ3) is 3.69. The summed E-state index contributed by atoms with van der Waals surface area (Å²) in [6.07, 6.45) is 4.19. The molecular formula is C13H22O2. The minimum absolute atomic E-state index is 0.362. The Hall–Kier alpha value is -0.790. The van der Waals surface area contributed by atoms with E-state index in [1.54, 1.807) is 0 Å². The molecule has 0 spiro atoms. The van der Waals surface area contributed by atoms with Crippen LogP contribution in [0.25, 0.3) is 0 Å². The zero-order valence-corrected chi connectivity index (χ0v) is 10.0. The van der Waals surface area contributed by atoms with Gasteiger partial charge in [0.2, 0.25) is 0 Å². The lowest BCUT2D eigenvalue weighted by Gasteiger charge is -2.39. The molecule has 2 atom stereocenters. The van der Waals surface area contributed by atoms with E-state index in [4.69, 9.17) is 5.11 Å². The molecule has 0 aromatic rings. The Labute approximate surface area is 92.4 Å². The van der Waals surface area contributed by atoms with Gasteiger partial charge in [0.25, 0.3) is 0 Å². The number of carboxylic acid groups (broad SMARTS) is 1. The molecule has 86 valence electrons. The van der Waals surface area contributed by atoms with Crippen LogP contribution in [0.4, 0.5) is 0 Å². The third-order valence-corrected chi connectivity index (χ3v) is 3.32. The van der Waals surface area contributed by atoms with E-state index < -0.39 is 5.97 Å². The van der Waals surface area contributed by atoms with Gasteiger partial charge in [-0.15, -0.1) is 0 Å². The highest BCUT2D eigenvalue weighted by molar-refractivity contribution is 5.85. The quantitative estimate of drug-likeness (QED) is 0.724. The van der Waals surface area contributed by atoms with Crippen molar-refractivity contribution in [2.24, 2.45) is 17.3 Å². The first-order valence-corrected chi connectivity index (χ1v) is 5.71. The monoisotopic (exact) mass is 210 g/mol. The van der Waals surface area contributed by atoms with Gasteiger partial charge in [0.05, 0.1) is 0 Å². The van der Waals surface area contributed by atoms with Crippen molar-refractivity contribution < 1.29 is 9.90 Å². The number of aliphatic carboxylic acids is 1. The van der Waals surface area contributed by atoms with E-state index in [0.717, 1.165) is 12.8 Å². The van der Waals surface area contributed by atoms with Gasteiger partial charge < -0.3 is 5.11 Å². The molecule has 0 aromatic carbocycles. The number of hydrogen-bond donors (Lipinski definition) is 1. The van der Waals surface area contributed by atoms with Gasteiger partial charge in [-0.3, -0.25) is 0 Å². The van der Waals surface area contributed by atoms with E-state index in [9.17, 15) is 4.79 Å². The first kappa shape index (κ1) is 12.3. The molecule has 15 heavy (non-hydrogen) atoms. The third-order valence-electron chi connectivity index (χ3n) is 3.32. The van der Waals surface area contributed by atoms with Gasteiger partial charge in [-0.2, -0.15) is 0 Å². The first-order valence-electron chi connectivity index (χ1n) is 5.71. The van der Waals surface area contributed by atoms with Gasteiger partial charge in [0.1, 0.15) is 0 Å². The van der Waals surface area contributed by atoms with Crippen LogP contribution in [0.2, 0.25) is 0 Å². The van der Waals surface area contributed by atoms with Crippen LogP contribution in [0.1, 0.15) is 46.5 Å². The molecule has 1 saturated carbocycles. The molecule has 0 saturated heterocycles. The first-order chi connectivity index (χ1) is 6.80. The Morgan fingerprint density at radius 3 is 2.53 bits per heavy atom. The van der Waals surface area contributed by atoms with E-state index in [0.29, 0.717) is 29.2 Å². The summed E-state index contributed by atoms with van der Waals surface area (Å²) < 4.78 is 0. The zero-order chi connectivity index (χ0) is 11.6. The van der Waals surface area contributed by atoms with E-state index in [-0.39, 0.29) is 0 Å². The molecule has 0 aromatic heterocycles. The predicted molar refractivity (Wildman–Crippen MR) is 61.7 cm³/mol. The summed E-state index contributed by atoms with van der Waals surface area (Å²) in [6.45, 7) is 10.4. The lowest BCUT2D eigenvalue weighted by molar-refractivity contribution is -0.133. The molecule has 1 aliphatic carbocycles. The maximum absolute atomic E-state index is 10.7. The number of carboxylic acids is 1. The smallest absolute Gasteiger partial charge is 0.330 e. The van der Waals surface area contributed by atoms with Gasteiger partial charge in [-0.1, -0.05) is 27.4 Å². The summed E-state index contributed by atoms with van der Waals surface area (Å²) in [7, 11) is 0. The molecule has 2 nitrogen and oxygen atoms in total. The molecule has 0 amide bonds. The van der Waals surface area contributed by atoms with Gasteiger partial charge in [0.15, 0.2) is 0 Å². The maximum Gasteiger partial charge on any atom is 0.330 e. The Kier molecular flexibility index (Phi) is 3.58. The number of carbonyl (C=O) groups is 1. The topological polar surface area (TPSA) is 37.3 Å². The van der Waals surface area contributed by atoms with Crippen LogP contribution >= 0.6 is 0 Å². The van der Waals surface area contributed by atoms with Crippen LogP contribution in [0.3, 0.4) is 0 Å². The molecular weight excluding hydrogens is 188 g/mol. The van der Waals surface area contributed by atoms with Gasteiger partial charge in [-0.25, -0.2) is 4.79 Å². The van der Waals surface area contributed by atoms with E-state index in [1.165, 1.54) is 6.42 Å². The van der Waals surface area contributed by atoms with E-state index in [1.807, 2.05) is 0 Å². The van der Waals surface area contributed by atoms with Crippen molar-refractivity contribution in [2.75, 3.05) is 0 Å². The largest absolute Gasteiger partial charge is 0.478 e. The molecule has 0 radical (unpaired) electrons. The lowest BCUT2D eigenvalue weighted by atomic mass is 9.67. The van der Waals surface area contributed by atoms with Crippen molar-refractivity contribution in [1.82, 2.24) is 0 Å². The summed E-state index contributed by atoms with van der Waals surface area (Å²) in [5, 5.41) is 8.81. The Bertz CT molecular complexity index is 266. The molecule has 1 fully saturated rings. The summed E-state index contributed by atoms with van der Waals surface area (Å²) in [4.78, 5) is 10.7. The second-order valence-electron chi connectivity index (χ2n) is 5.89. The highest BCUT2D eigenvalue weighted by Gasteiger charge is 2.32. The van der Waals surface area contributed by atoms with Gasteiger partial charge >= 0.3 is 5.97 Å². The van der Waals surface area contributed by atoms with Crippen LogP contribution in [-0.4, -0.2) is 11.1 Å². The highest BCUT2D eigenvalue weighted by atomic mass is 16.4. The zero-order valence-electron chi connectivity index (χ0n) is 10.0. The predicted octanol–water partition coefficient (Wildman–Crippen LogP) is 3.48. The minimum Gasteiger partial charge on any atom is -0.478 e. The Balaban J connectivity index is 2.56. The highest BCUT2D eigenvalue weighted by Crippen LogP contribution is 2.43. The summed E-state index contributed by atoms with van der Waals surface area (Å²) in [6, 6.07) is 0. The molecule has 1 aliphatic rings. The molecule has 1 rings (SSSR count). The van der Waals surface area contributed by atoms with Crippen LogP contribution in [0.5, 0.6) is 0 Å². The Morgan fingerprint density at radius 2 is 2.07 bits per heavy atom. The summed E-state index contributed by atoms with van der Waals surface area (Å²) in [5.74, 6) is 0.374. The number of hydrogen-bond acceptors (Lipinski definition) is 1. The fourth-order valence-electron chi connectivity index (χ4n) is 3.14. The second-order valence-corrected chi connectivity index (χ2v) is 5.89. The van der Waals surface area contributed by atoms with Crippen LogP contribution in [0, 0.1) is 17.3 Å². The van der Waals surface area contributed by atoms with Crippen molar-refractivity contribution in [3.8, 4) is 0 Å². The van der Waals surface area contributed by atoms with Crippen molar-refractivity contribution in [3.63, 3.8) is 0 Å². The summed E-state index contributed by atoms with van der Waals surface area (Å²) >= 11 is 0. The SMILES string of the molecule is C=C(CC1CC(C)CC(C)(C)C1)C(=O)O. The van der Waals surface area contributed by atoms with Crippen molar-refractivity contribution in [2.45, 2.75) is 46.5 Å². The van der Waals surface area contributed by atoms with E-state index in [2.05, 4.69) is 27.4 Å². The van der Waals surface area contributed by atoms with Crippen molar-refractivity contribution >= 4 is 5.97 Å². The van der Waals surface area contributed by atoms with Gasteiger partial charge in [0, 0.05) is 5.57 Å². The van der Waals surface area contributed by atoms with Crippen molar-refractivity contribution in [3.05, 3.63) is 12.2 Å². The standard InChI is InChI=1S/C13H22O2/c1-9-5-11(6-10(2)12(14)15)8-13(3,4)7-9/h9,11H,2,5-8H2,1,3-4H3,(H,14,15). The van der Waals surface area contributed by atoms with Crippen molar-refractivity contribution in [1.29, 1.82) is 0 Å². The van der Waals surface area contributed by atoms with Gasteiger partial charge in [-0.05, 0) is 42.9 Å². The Morgan fingerprint density at radius 1 is 1.47 bits per heavy atom. The molecule has 2 heteroatoms. The van der Waals surface area contributed by atoms with Crippen LogP contribution < -0.4 is 0 Å². The average Bonchev–Trinajstić information content (AvgIpc) is 1.99. The molecule has 2 unspecified atom stereocenters. The molecule has 1 N–H and O–H groups in total. The molecule has 0 bridgehead atoms. The molecule has 0 aliphatic heterocycles. The van der Waals surface area contributed by atoms with Crippen LogP contribution in [-0.2, 0) is 4.79 Å². The molecule has 0 heterocycles. The number of rotatable bonds is 3. The lowest BCUT2D eigenvalue weighted by Crippen LogP contribution is -2.28. The normalized spacial score (nSPS) is 29.8. The minimum atomic E-state index is -0.842. The average molecular weight is 210 g/mol. The summed E-state index contributed by atoms with van der Waals surface area (Å²) in [5.41, 5.74) is 0.728. The fourth-order valence-corrected chi connectivity index (χ4v) is 3.14. The second kappa shape index (κ2) is 4.38. The fraction of sp³-hybridized carbons (Fsp3) is 0.769. The van der Waals surface area contributed by atoms with Crippen LogP contribution in [0.15, 0.2) is 12.2 Å².